The zero-order valence-electron chi connectivity index (χ0n) is 12.7. The first-order chi connectivity index (χ1) is 9.79. The first-order valence-corrected chi connectivity index (χ1v) is 8.60. The van der Waals surface area contributed by atoms with E-state index < -0.39 is 14.6 Å². The van der Waals surface area contributed by atoms with Crippen LogP contribution in [0.3, 0.4) is 0 Å². The smallest absolute Gasteiger partial charge is 0.155 e. The summed E-state index contributed by atoms with van der Waals surface area (Å²) in [6.07, 6.45) is 5.92. The highest BCUT2D eigenvalue weighted by Gasteiger charge is 2.28. The Kier molecular flexibility index (Phi) is 4.46. The number of nitrogens with zero attached hydrogens (tertiary/aromatic N) is 3. The fourth-order valence-electron chi connectivity index (χ4n) is 1.87. The average molecular weight is 307 g/mol. The lowest BCUT2D eigenvalue weighted by molar-refractivity contribution is 0.552. The van der Waals surface area contributed by atoms with Crippen LogP contribution in [-0.2, 0) is 16.4 Å². The van der Waals surface area contributed by atoms with Crippen molar-refractivity contribution in [3.8, 4) is 11.4 Å². The summed E-state index contributed by atoms with van der Waals surface area (Å²) in [6, 6.07) is 5.67. The van der Waals surface area contributed by atoms with Crippen molar-refractivity contribution in [2.24, 2.45) is 0 Å². The van der Waals surface area contributed by atoms with Gasteiger partial charge >= 0.3 is 0 Å². The Labute approximate surface area is 126 Å². The van der Waals surface area contributed by atoms with Crippen LogP contribution in [0, 0.1) is 0 Å². The van der Waals surface area contributed by atoms with Gasteiger partial charge in [0, 0.05) is 18.9 Å². The van der Waals surface area contributed by atoms with Gasteiger partial charge in [0.25, 0.3) is 0 Å². The zero-order chi connectivity index (χ0) is 15.5. The molecule has 0 aliphatic rings. The normalized spacial score (nSPS) is 12.5. The minimum atomic E-state index is -3.06. The molecule has 0 radical (unpaired) electrons. The summed E-state index contributed by atoms with van der Waals surface area (Å²) in [4.78, 5) is 8.54. The Morgan fingerprint density at radius 1 is 1.14 bits per heavy atom. The Hall–Kier alpha value is -1.69. The standard InChI is InChI=1S/C15H21N3O2S/c1-15(2,3)21(19,20)10-6-9-18-11-14(17-12-18)13-7-4-5-8-16-13/h4-5,7-8,11-12H,6,9-10H2,1-3H3. The van der Waals surface area contributed by atoms with E-state index in [0.717, 1.165) is 11.4 Å². The molecule has 0 bridgehead atoms. The average Bonchev–Trinajstić information content (AvgIpc) is 2.87. The van der Waals surface area contributed by atoms with Gasteiger partial charge in [-0.1, -0.05) is 6.07 Å². The molecule has 0 aliphatic heterocycles. The summed E-state index contributed by atoms with van der Waals surface area (Å²) >= 11 is 0. The topological polar surface area (TPSA) is 64.8 Å². The highest BCUT2D eigenvalue weighted by atomic mass is 32.2. The van der Waals surface area contributed by atoms with Crippen LogP contribution >= 0.6 is 0 Å². The van der Waals surface area contributed by atoms with Crippen LogP contribution in [0.5, 0.6) is 0 Å². The van der Waals surface area contributed by atoms with Gasteiger partial charge in [0.1, 0.15) is 5.69 Å². The van der Waals surface area contributed by atoms with Crippen molar-refractivity contribution in [2.75, 3.05) is 5.75 Å². The summed E-state index contributed by atoms with van der Waals surface area (Å²) in [5.41, 5.74) is 1.62. The molecule has 6 heteroatoms. The second kappa shape index (κ2) is 5.97. The minimum Gasteiger partial charge on any atom is -0.337 e. The Morgan fingerprint density at radius 2 is 1.90 bits per heavy atom. The predicted molar refractivity (Wildman–Crippen MR) is 83.6 cm³/mol. The Morgan fingerprint density at radius 3 is 2.52 bits per heavy atom. The predicted octanol–water partition coefficient (Wildman–Crippen LogP) is 2.55. The van der Waals surface area contributed by atoms with Gasteiger partial charge in [0.05, 0.1) is 22.5 Å². The first-order valence-electron chi connectivity index (χ1n) is 6.95. The van der Waals surface area contributed by atoms with Crippen molar-refractivity contribution >= 4 is 9.84 Å². The summed E-state index contributed by atoms with van der Waals surface area (Å²) in [7, 11) is -3.06. The van der Waals surface area contributed by atoms with Gasteiger partial charge in [-0.2, -0.15) is 0 Å². The highest BCUT2D eigenvalue weighted by Crippen LogP contribution is 2.17. The Balaban J connectivity index is 1.96. The van der Waals surface area contributed by atoms with E-state index in [0.29, 0.717) is 13.0 Å². The SMILES string of the molecule is CC(C)(C)S(=O)(=O)CCCn1cnc(-c2ccccn2)c1. The quantitative estimate of drug-likeness (QED) is 0.851. The number of hydrogen-bond acceptors (Lipinski definition) is 4. The number of sulfone groups is 1. The number of pyridine rings is 1. The molecule has 2 aromatic heterocycles. The molecule has 0 atom stereocenters. The molecule has 0 unspecified atom stereocenters. The molecule has 114 valence electrons. The van der Waals surface area contributed by atoms with Gasteiger partial charge in [-0.25, -0.2) is 13.4 Å². The van der Waals surface area contributed by atoms with Gasteiger partial charge < -0.3 is 4.57 Å². The van der Waals surface area contributed by atoms with Gasteiger partial charge in [0.2, 0.25) is 0 Å². The van der Waals surface area contributed by atoms with E-state index in [2.05, 4.69) is 9.97 Å². The van der Waals surface area contributed by atoms with Gasteiger partial charge in [-0.05, 0) is 39.3 Å². The van der Waals surface area contributed by atoms with E-state index in [9.17, 15) is 8.42 Å². The molecule has 0 fully saturated rings. The number of aryl methyl sites for hydroxylation is 1. The Bertz CT molecular complexity index is 685. The van der Waals surface area contributed by atoms with Crippen LogP contribution < -0.4 is 0 Å². The van der Waals surface area contributed by atoms with E-state index in [4.69, 9.17) is 0 Å². The maximum absolute atomic E-state index is 12.0. The number of aromatic nitrogens is 3. The van der Waals surface area contributed by atoms with Crippen LogP contribution in [-0.4, -0.2) is 33.5 Å². The highest BCUT2D eigenvalue weighted by molar-refractivity contribution is 7.92. The minimum absolute atomic E-state index is 0.188. The second-order valence-electron chi connectivity index (χ2n) is 6.00. The zero-order valence-corrected chi connectivity index (χ0v) is 13.5. The third kappa shape index (κ3) is 3.91. The first kappa shape index (κ1) is 15.7. The largest absolute Gasteiger partial charge is 0.337 e. The van der Waals surface area contributed by atoms with Crippen molar-refractivity contribution in [1.29, 1.82) is 0 Å². The molecule has 21 heavy (non-hydrogen) atoms. The molecular weight excluding hydrogens is 286 g/mol. The molecular formula is C15H21N3O2S. The maximum atomic E-state index is 12.0. The van der Waals surface area contributed by atoms with Crippen LogP contribution in [0.25, 0.3) is 11.4 Å². The van der Waals surface area contributed by atoms with Crippen LogP contribution in [0.15, 0.2) is 36.9 Å². The molecule has 2 rings (SSSR count). The molecule has 2 aromatic rings. The third-order valence-corrected chi connectivity index (χ3v) is 6.02. The van der Waals surface area contributed by atoms with Gasteiger partial charge in [0.15, 0.2) is 9.84 Å². The molecule has 0 N–H and O–H groups in total. The molecule has 0 aromatic carbocycles. The van der Waals surface area contributed by atoms with Crippen molar-refractivity contribution in [2.45, 2.75) is 38.5 Å². The number of imidazole rings is 1. The van der Waals surface area contributed by atoms with Crippen molar-refractivity contribution in [3.63, 3.8) is 0 Å². The molecule has 0 saturated heterocycles. The van der Waals surface area contributed by atoms with E-state index in [1.54, 1.807) is 33.3 Å². The molecule has 5 nitrogen and oxygen atoms in total. The molecule has 0 saturated carbocycles. The molecule has 0 spiro atoms. The van der Waals surface area contributed by atoms with E-state index in [1.807, 2.05) is 29.0 Å². The second-order valence-corrected chi connectivity index (χ2v) is 8.86. The fraction of sp³-hybridized carbons (Fsp3) is 0.467. The van der Waals surface area contributed by atoms with E-state index in [1.165, 1.54) is 0 Å². The molecule has 0 aliphatic carbocycles. The monoisotopic (exact) mass is 307 g/mol. The van der Waals surface area contributed by atoms with Gasteiger partial charge in [-0.3, -0.25) is 4.98 Å². The summed E-state index contributed by atoms with van der Waals surface area (Å²) in [5.74, 6) is 0.188. The lowest BCUT2D eigenvalue weighted by Crippen LogP contribution is -2.30. The number of rotatable bonds is 5. The summed E-state index contributed by atoms with van der Waals surface area (Å²) in [6.45, 7) is 5.84. The van der Waals surface area contributed by atoms with Crippen LogP contribution in [0.2, 0.25) is 0 Å². The lowest BCUT2D eigenvalue weighted by atomic mass is 10.3. The van der Waals surface area contributed by atoms with Crippen LogP contribution in [0.4, 0.5) is 0 Å². The fourth-order valence-corrected chi connectivity index (χ4v) is 2.99. The maximum Gasteiger partial charge on any atom is 0.155 e. The summed E-state index contributed by atoms with van der Waals surface area (Å²) < 4.78 is 25.3. The van der Waals surface area contributed by atoms with Crippen molar-refractivity contribution in [3.05, 3.63) is 36.9 Å². The van der Waals surface area contributed by atoms with Crippen molar-refractivity contribution in [1.82, 2.24) is 14.5 Å². The van der Waals surface area contributed by atoms with Crippen LogP contribution in [0.1, 0.15) is 27.2 Å². The van der Waals surface area contributed by atoms with E-state index >= 15 is 0 Å². The molecule has 2 heterocycles. The number of hydrogen-bond donors (Lipinski definition) is 0. The van der Waals surface area contributed by atoms with Gasteiger partial charge in [-0.15, -0.1) is 0 Å². The third-order valence-electron chi connectivity index (χ3n) is 3.32. The molecule has 0 amide bonds. The summed E-state index contributed by atoms with van der Waals surface area (Å²) in [5, 5.41) is 0. The van der Waals surface area contributed by atoms with E-state index in [-0.39, 0.29) is 5.75 Å². The van der Waals surface area contributed by atoms with Crippen molar-refractivity contribution < 1.29 is 8.42 Å². The lowest BCUT2D eigenvalue weighted by Gasteiger charge is -2.18.